The molecule has 2 amide bonds. The van der Waals surface area contributed by atoms with Crippen LogP contribution in [-0.2, 0) is 36.8 Å². The number of amides is 2. The van der Waals surface area contributed by atoms with Gasteiger partial charge < -0.3 is 39.1 Å². The van der Waals surface area contributed by atoms with Gasteiger partial charge >= 0.3 is 5.97 Å². The zero-order valence-electron chi connectivity index (χ0n) is 22.5. The number of methoxy groups -OCH3 is 1. The molecule has 7 atom stereocenters. The second kappa shape index (κ2) is 9.95. The number of aromatic amines is 1. The van der Waals surface area contributed by atoms with Crippen LogP contribution in [-0.4, -0.2) is 80.5 Å². The molecule has 0 radical (unpaired) electrons. The van der Waals surface area contributed by atoms with Gasteiger partial charge in [0.25, 0.3) is 0 Å². The highest BCUT2D eigenvalue weighted by Crippen LogP contribution is 2.44. The molecule has 0 aliphatic carbocycles. The van der Waals surface area contributed by atoms with Crippen molar-refractivity contribution < 1.29 is 43.9 Å². The van der Waals surface area contributed by atoms with Crippen molar-refractivity contribution in [3.05, 3.63) is 65.5 Å². The van der Waals surface area contributed by atoms with E-state index in [1.54, 1.807) is 24.4 Å². The quantitative estimate of drug-likeness (QED) is 0.214. The van der Waals surface area contributed by atoms with Crippen molar-refractivity contribution in [2.75, 3.05) is 7.11 Å². The maximum absolute atomic E-state index is 13.3. The molecule has 2 unspecified atom stereocenters. The number of nitrogens with zero attached hydrogens (tertiary/aromatic N) is 1. The van der Waals surface area contributed by atoms with Crippen molar-refractivity contribution in [1.82, 2.24) is 14.9 Å². The van der Waals surface area contributed by atoms with Crippen molar-refractivity contribution in [3.8, 4) is 5.75 Å². The molecule has 0 bridgehead atoms. The first-order chi connectivity index (χ1) is 20.3. The Morgan fingerprint density at radius 1 is 1.05 bits per heavy atom. The van der Waals surface area contributed by atoms with Crippen LogP contribution < -0.4 is 10.1 Å². The standard InChI is InChI=1S/C30H29N3O9/c1-40-26-24(35)23(34)25(29(38)39)42-30(26)41-14-7-8-15-17(11-31-19(15)10-14)20-21(28(37)32-27(20)36)18-12-33-9-3-5-13-4-2-6-16(18)22(13)33/h2,4,6-8,10-12,20-21,23-26,30-31,34-35H,3,5,9H2,1H3,(H,38,39)(H,32,36,37)/t20-,21-,23+,24+,25?,26-,30?/m0/s1. The van der Waals surface area contributed by atoms with Crippen LogP contribution in [0.15, 0.2) is 48.8 Å². The molecule has 218 valence electrons. The molecular weight excluding hydrogens is 546 g/mol. The topological polar surface area (TPSA) is 172 Å². The monoisotopic (exact) mass is 575 g/mol. The molecular formula is C30H29N3O9. The van der Waals surface area contributed by atoms with Gasteiger partial charge in [0.15, 0.2) is 6.10 Å². The summed E-state index contributed by atoms with van der Waals surface area (Å²) in [5.41, 5.74) is 4.44. The minimum Gasteiger partial charge on any atom is -0.479 e. The first kappa shape index (κ1) is 26.7. The number of H-pyrrole nitrogens is 1. The van der Waals surface area contributed by atoms with Crippen LogP contribution in [0.5, 0.6) is 5.75 Å². The Hall–Kier alpha value is -4.23. The van der Waals surface area contributed by atoms with Gasteiger partial charge in [0, 0.05) is 48.4 Å². The number of rotatable bonds is 6. The van der Waals surface area contributed by atoms with E-state index in [0.717, 1.165) is 35.9 Å². The van der Waals surface area contributed by atoms with Crippen LogP contribution in [0, 0.1) is 0 Å². The molecule has 2 saturated heterocycles. The van der Waals surface area contributed by atoms with E-state index in [4.69, 9.17) is 14.2 Å². The number of carboxylic acids is 1. The molecule has 5 N–H and O–H groups in total. The summed E-state index contributed by atoms with van der Waals surface area (Å²) in [5.74, 6) is -3.35. The molecule has 2 aromatic carbocycles. The van der Waals surface area contributed by atoms with Crippen molar-refractivity contribution in [3.63, 3.8) is 0 Å². The summed E-state index contributed by atoms with van der Waals surface area (Å²) in [5, 5.41) is 34.1. The van der Waals surface area contributed by atoms with Gasteiger partial charge in [0.05, 0.1) is 17.4 Å². The minimum absolute atomic E-state index is 0.271. The number of carbonyl (C=O) groups excluding carboxylic acids is 2. The Morgan fingerprint density at radius 3 is 2.60 bits per heavy atom. The molecule has 3 aliphatic rings. The summed E-state index contributed by atoms with van der Waals surface area (Å²) >= 11 is 0. The third-order valence-electron chi connectivity index (χ3n) is 8.67. The number of aliphatic hydroxyl groups excluding tert-OH is 2. The average Bonchev–Trinajstić information content (AvgIpc) is 3.64. The van der Waals surface area contributed by atoms with Crippen LogP contribution >= 0.6 is 0 Å². The molecule has 5 heterocycles. The molecule has 0 saturated carbocycles. The molecule has 12 nitrogen and oxygen atoms in total. The number of aromatic nitrogens is 2. The third kappa shape index (κ3) is 4.02. The largest absolute Gasteiger partial charge is 0.479 e. The number of aliphatic hydroxyl groups is 2. The molecule has 2 fully saturated rings. The van der Waals surface area contributed by atoms with Gasteiger partial charge in [-0.15, -0.1) is 0 Å². The smallest absolute Gasteiger partial charge is 0.335 e. The second-order valence-electron chi connectivity index (χ2n) is 11.0. The van der Waals surface area contributed by atoms with Crippen LogP contribution in [0.25, 0.3) is 21.8 Å². The number of carboxylic acid groups (broad SMARTS) is 1. The van der Waals surface area contributed by atoms with E-state index in [2.05, 4.69) is 20.9 Å². The van der Waals surface area contributed by atoms with Crippen molar-refractivity contribution in [2.24, 2.45) is 0 Å². The summed E-state index contributed by atoms with van der Waals surface area (Å²) in [7, 11) is 1.29. The highest BCUT2D eigenvalue weighted by atomic mass is 16.7. The average molecular weight is 576 g/mol. The summed E-state index contributed by atoms with van der Waals surface area (Å²) in [6.45, 7) is 0.855. The summed E-state index contributed by atoms with van der Waals surface area (Å²) in [6, 6.07) is 11.1. The number of hydrogen-bond acceptors (Lipinski definition) is 8. The number of imide groups is 1. The second-order valence-corrected chi connectivity index (χ2v) is 11.0. The van der Waals surface area contributed by atoms with E-state index < -0.39 is 48.5 Å². The molecule has 3 aliphatic heterocycles. The third-order valence-corrected chi connectivity index (χ3v) is 8.67. The van der Waals surface area contributed by atoms with Gasteiger partial charge in [0.1, 0.15) is 24.1 Å². The van der Waals surface area contributed by atoms with Gasteiger partial charge in [-0.1, -0.05) is 18.2 Å². The molecule has 42 heavy (non-hydrogen) atoms. The Morgan fingerprint density at radius 2 is 1.83 bits per heavy atom. The summed E-state index contributed by atoms with van der Waals surface area (Å²) in [6.07, 6.45) is -1.74. The zero-order valence-corrected chi connectivity index (χ0v) is 22.5. The Bertz CT molecular complexity index is 1740. The van der Waals surface area contributed by atoms with Crippen LogP contribution in [0.2, 0.25) is 0 Å². The number of para-hydroxylation sites is 1. The summed E-state index contributed by atoms with van der Waals surface area (Å²) in [4.78, 5) is 41.2. The minimum atomic E-state index is -1.71. The predicted molar refractivity (Wildman–Crippen MR) is 147 cm³/mol. The van der Waals surface area contributed by atoms with E-state index in [1.165, 1.54) is 12.7 Å². The van der Waals surface area contributed by atoms with Crippen LogP contribution in [0.4, 0.5) is 0 Å². The fourth-order valence-electron chi connectivity index (χ4n) is 6.73. The number of carbonyl (C=O) groups is 3. The van der Waals surface area contributed by atoms with E-state index in [1.807, 2.05) is 18.3 Å². The Labute approximate surface area is 238 Å². The first-order valence-corrected chi connectivity index (χ1v) is 13.8. The van der Waals surface area contributed by atoms with E-state index in [-0.39, 0.29) is 17.6 Å². The van der Waals surface area contributed by atoms with E-state index >= 15 is 0 Å². The molecule has 7 rings (SSSR count). The normalized spacial score (nSPS) is 29.3. The number of hydrogen-bond donors (Lipinski definition) is 5. The molecule has 4 aromatic rings. The zero-order chi connectivity index (χ0) is 29.3. The fraction of sp³-hybridized carbons (Fsp3) is 0.367. The highest BCUT2D eigenvalue weighted by Gasteiger charge is 2.49. The van der Waals surface area contributed by atoms with Gasteiger partial charge in [-0.3, -0.25) is 14.9 Å². The van der Waals surface area contributed by atoms with Crippen molar-refractivity contribution >= 4 is 39.6 Å². The SMILES string of the molecule is CO[C@@H]1C(Oc2ccc3c([C@@H]4C(=O)NC(=O)[C@H]4c4cn5c6c(cccc46)CCC5)c[nH]c3c2)OC(C(=O)O)[C@H](O)[C@H]1O. The van der Waals surface area contributed by atoms with Crippen LogP contribution in [0.3, 0.4) is 0 Å². The Kier molecular flexibility index (Phi) is 6.31. The first-order valence-electron chi connectivity index (χ1n) is 13.8. The lowest BCUT2D eigenvalue weighted by Crippen LogP contribution is -2.61. The molecule has 12 heteroatoms. The van der Waals surface area contributed by atoms with Gasteiger partial charge in [-0.2, -0.15) is 0 Å². The highest BCUT2D eigenvalue weighted by molar-refractivity contribution is 6.13. The van der Waals surface area contributed by atoms with Gasteiger partial charge in [-0.25, -0.2) is 4.79 Å². The number of aliphatic carboxylic acids is 1. The maximum atomic E-state index is 13.3. The number of aryl methyl sites for hydroxylation is 2. The van der Waals surface area contributed by atoms with Gasteiger partial charge in [0.2, 0.25) is 18.1 Å². The van der Waals surface area contributed by atoms with Crippen molar-refractivity contribution in [1.29, 1.82) is 0 Å². The predicted octanol–water partition coefficient (Wildman–Crippen LogP) is 1.52. The van der Waals surface area contributed by atoms with Crippen LogP contribution in [0.1, 0.15) is 34.9 Å². The molecule has 2 aromatic heterocycles. The lowest BCUT2D eigenvalue weighted by Gasteiger charge is -2.40. The summed E-state index contributed by atoms with van der Waals surface area (Å²) < 4.78 is 18.7. The fourth-order valence-corrected chi connectivity index (χ4v) is 6.73. The maximum Gasteiger partial charge on any atom is 0.335 e. The Balaban J connectivity index is 1.22. The number of fused-ring (bicyclic) bond motifs is 1. The molecule has 0 spiro atoms. The lowest BCUT2D eigenvalue weighted by molar-refractivity contribution is -0.276. The van der Waals surface area contributed by atoms with Gasteiger partial charge in [-0.05, 0) is 41.7 Å². The van der Waals surface area contributed by atoms with Crippen molar-refractivity contribution in [2.45, 2.75) is 61.9 Å². The number of ether oxygens (including phenoxy) is 3. The lowest BCUT2D eigenvalue weighted by atomic mass is 9.83. The van der Waals surface area contributed by atoms with E-state index in [0.29, 0.717) is 16.5 Å². The number of nitrogens with one attached hydrogen (secondary N) is 2. The number of benzene rings is 2. The van der Waals surface area contributed by atoms with E-state index in [9.17, 15) is 29.7 Å².